The molecule has 2 radical (unpaired) electrons. The molecular weight excluding hydrogens is 683 g/mol. The van der Waals surface area contributed by atoms with Gasteiger partial charge in [0.05, 0.1) is 0 Å². The van der Waals surface area contributed by atoms with Crippen LogP contribution in [0.15, 0.2) is 115 Å². The van der Waals surface area contributed by atoms with E-state index in [-0.39, 0.29) is 50.5 Å². The van der Waals surface area contributed by atoms with Gasteiger partial charge >= 0.3 is 30.2 Å². The number of hydrogen-bond acceptors (Lipinski definition) is 0. The number of hydrogen-bond donors (Lipinski definition) is 0. The number of fused-ring (bicyclic) bond motifs is 2. The fourth-order valence-electron chi connectivity index (χ4n) is 5.35. The maximum absolute atomic E-state index is 3.06. The topological polar surface area (TPSA) is 0 Å². The maximum atomic E-state index is 3.06. The molecular formula is C41H48Cl2SiZr-4. The molecule has 0 amide bonds. The van der Waals surface area contributed by atoms with Crippen molar-refractivity contribution in [3.8, 4) is 22.3 Å². The van der Waals surface area contributed by atoms with E-state index in [2.05, 4.69) is 171 Å². The quantitative estimate of drug-likeness (QED) is 0.123. The van der Waals surface area contributed by atoms with Crippen molar-refractivity contribution in [1.82, 2.24) is 0 Å². The molecule has 0 heterocycles. The Morgan fingerprint density at radius 1 is 0.556 bits per heavy atom. The Labute approximate surface area is 302 Å². The van der Waals surface area contributed by atoms with E-state index in [4.69, 9.17) is 0 Å². The summed E-state index contributed by atoms with van der Waals surface area (Å²) < 4.78 is 0. The van der Waals surface area contributed by atoms with Gasteiger partial charge in [0.15, 0.2) is 0 Å². The van der Waals surface area contributed by atoms with Crippen LogP contribution in [0.4, 0.5) is 0 Å². The fourth-order valence-corrected chi connectivity index (χ4v) is 5.35. The molecule has 0 nitrogen and oxygen atoms in total. The van der Waals surface area contributed by atoms with Crippen molar-refractivity contribution in [2.45, 2.75) is 59.3 Å². The van der Waals surface area contributed by atoms with Crippen molar-refractivity contribution in [3.63, 3.8) is 0 Å². The molecule has 0 saturated carbocycles. The molecule has 6 aromatic carbocycles. The van der Waals surface area contributed by atoms with Gasteiger partial charge in [0.2, 0.25) is 0 Å². The van der Waals surface area contributed by atoms with Crippen LogP contribution in [-0.2, 0) is 34.2 Å². The van der Waals surface area contributed by atoms with E-state index in [0.29, 0.717) is 0 Å². The molecule has 0 bridgehead atoms. The standard InChI is InChI=1S/C20H21.C19H19.2CH3.2ClH.Si.Zr/c1-14-12-16-6-5-7-18(19(16)13-14)15-8-10-17(11-9-15)20(2,3)4;1-19(2,3)16-12-10-15(11-13-16)18-9-5-7-14-6-4-8-17(14)18;;;;;;/h5-13H,1-4H3;4-13H,1-3H3;2*1H3;2*1H;;/q4*-1;;;;. The van der Waals surface area contributed by atoms with Gasteiger partial charge in [-0.25, -0.2) is 0 Å². The van der Waals surface area contributed by atoms with Crippen molar-refractivity contribution in [2.75, 3.05) is 0 Å². The Hall–Kier alpha value is -2.22. The minimum absolute atomic E-state index is 0. The first-order valence-corrected chi connectivity index (χ1v) is 18.5. The molecule has 0 spiro atoms. The number of halogens is 2. The van der Waals surface area contributed by atoms with Crippen molar-refractivity contribution >= 4 is 53.2 Å². The van der Waals surface area contributed by atoms with E-state index in [1.54, 1.807) is 0 Å². The van der Waals surface area contributed by atoms with Crippen LogP contribution in [0.1, 0.15) is 58.2 Å². The van der Waals surface area contributed by atoms with Crippen molar-refractivity contribution < 1.29 is 23.3 Å². The molecule has 45 heavy (non-hydrogen) atoms. The molecule has 0 saturated heterocycles. The first-order valence-electron chi connectivity index (χ1n) is 14.3. The monoisotopic (exact) mass is 728 g/mol. The van der Waals surface area contributed by atoms with Gasteiger partial charge in [0.25, 0.3) is 0 Å². The van der Waals surface area contributed by atoms with Crippen LogP contribution in [0.5, 0.6) is 0 Å². The van der Waals surface area contributed by atoms with Crippen LogP contribution in [-0.4, -0.2) is 6.88 Å². The van der Waals surface area contributed by atoms with Crippen LogP contribution in [0.3, 0.4) is 0 Å². The molecule has 0 aliphatic heterocycles. The van der Waals surface area contributed by atoms with Gasteiger partial charge < -0.3 is 14.9 Å². The van der Waals surface area contributed by atoms with Crippen molar-refractivity contribution in [3.05, 3.63) is 147 Å². The molecule has 6 rings (SSSR count). The molecule has 0 N–H and O–H groups in total. The van der Waals surface area contributed by atoms with Gasteiger partial charge in [0, 0.05) is 0 Å². The van der Waals surface area contributed by atoms with E-state index in [1.807, 2.05) is 0 Å². The molecule has 238 valence electrons. The summed E-state index contributed by atoms with van der Waals surface area (Å²) in [5, 5.41) is 5.34. The van der Waals surface area contributed by atoms with Gasteiger partial charge in [0.1, 0.15) is 0 Å². The van der Waals surface area contributed by atoms with E-state index < -0.39 is 0 Å². The van der Waals surface area contributed by atoms with Gasteiger partial charge in [-0.3, -0.25) is 0 Å². The van der Waals surface area contributed by atoms with Gasteiger partial charge in [-0.2, -0.15) is 18.2 Å². The molecule has 0 aliphatic carbocycles. The third-order valence-electron chi connectivity index (χ3n) is 7.70. The van der Waals surface area contributed by atoms with Crippen LogP contribution in [0, 0.1) is 21.8 Å². The first-order chi connectivity index (χ1) is 19.5. The Morgan fingerprint density at radius 2 is 0.978 bits per heavy atom. The van der Waals surface area contributed by atoms with Crippen LogP contribution >= 0.6 is 24.8 Å². The number of rotatable bonds is 2. The predicted molar refractivity (Wildman–Crippen MR) is 205 cm³/mol. The second kappa shape index (κ2) is 18.2. The molecule has 0 fully saturated rings. The zero-order valence-electron chi connectivity index (χ0n) is 28.3. The summed E-state index contributed by atoms with van der Waals surface area (Å²) in [5.41, 5.74) is 9.77. The summed E-state index contributed by atoms with van der Waals surface area (Å²) in [4.78, 5) is 0. The van der Waals surface area contributed by atoms with Crippen molar-refractivity contribution in [1.29, 1.82) is 0 Å². The van der Waals surface area contributed by atoms with E-state index in [1.165, 1.54) is 83.8 Å². The Balaban J connectivity index is 0.000000753. The molecule has 0 aliphatic rings. The molecule has 0 atom stereocenters. The Bertz CT molecular complexity index is 1730. The van der Waals surface area contributed by atoms with E-state index in [9.17, 15) is 0 Å². The summed E-state index contributed by atoms with van der Waals surface area (Å²) in [6.07, 6.45) is 0. The summed E-state index contributed by atoms with van der Waals surface area (Å²) in [6, 6.07) is 42.1. The van der Waals surface area contributed by atoms with Gasteiger partial charge in [-0.05, 0) is 33.1 Å². The fraction of sp³-hybridized carbons (Fsp3) is 0.220. The zero-order chi connectivity index (χ0) is 29.8. The van der Waals surface area contributed by atoms with Crippen LogP contribution < -0.4 is 0 Å². The average molecular weight is 731 g/mol. The first kappa shape index (κ1) is 42.8. The zero-order valence-corrected chi connectivity index (χ0v) is 33.4. The second-order valence-corrected chi connectivity index (χ2v) is 12.8. The van der Waals surface area contributed by atoms with Crippen molar-refractivity contribution in [2.24, 2.45) is 0 Å². The number of benzene rings is 4. The Kier molecular flexibility index (Phi) is 17.3. The van der Waals surface area contributed by atoms with Gasteiger partial charge in [-0.15, -0.1) is 88.3 Å². The summed E-state index contributed by atoms with van der Waals surface area (Å²) in [6.45, 7) is 18.7. The van der Waals surface area contributed by atoms with Crippen LogP contribution in [0.2, 0.25) is 0 Å². The molecule has 6 aromatic rings. The summed E-state index contributed by atoms with van der Waals surface area (Å²) in [7, 11) is 0. The molecule has 0 unspecified atom stereocenters. The Morgan fingerprint density at radius 3 is 1.42 bits per heavy atom. The van der Waals surface area contributed by atoms with E-state index >= 15 is 0 Å². The van der Waals surface area contributed by atoms with Gasteiger partial charge in [-0.1, -0.05) is 120 Å². The van der Waals surface area contributed by atoms with Crippen LogP contribution in [0.25, 0.3) is 43.8 Å². The molecule has 0 aromatic heterocycles. The van der Waals surface area contributed by atoms with E-state index in [0.717, 1.165) is 0 Å². The predicted octanol–water partition coefficient (Wildman–Crippen LogP) is 12.7. The minimum atomic E-state index is 0. The summed E-state index contributed by atoms with van der Waals surface area (Å²) in [5.74, 6) is 0. The normalized spacial score (nSPS) is 10.4. The third kappa shape index (κ3) is 10.4. The number of aryl methyl sites for hydroxylation is 1. The third-order valence-corrected chi connectivity index (χ3v) is 7.70. The second-order valence-electron chi connectivity index (χ2n) is 12.8. The molecule has 4 heteroatoms. The summed E-state index contributed by atoms with van der Waals surface area (Å²) >= 11 is 1.36. The SMILES string of the molecule is CC(C)(C)c1ccc(-c2cccc3[cH-]ccc23)cc1.Cc1cc2c(-c3ccc(C(C)(C)C)cc3)cccc2[cH-]1.Cl.Cl.[CH3-].[CH3-].[Si]=[Zr]. The average Bonchev–Trinajstić information content (AvgIpc) is 3.59.